The molecule has 0 unspecified atom stereocenters. The summed E-state index contributed by atoms with van der Waals surface area (Å²) in [5, 5.41) is 2.47. The summed E-state index contributed by atoms with van der Waals surface area (Å²) in [6.07, 6.45) is 0. The Morgan fingerprint density at radius 1 is 0.386 bits per heavy atom. The lowest BCUT2D eigenvalue weighted by atomic mass is 9.82. The Kier molecular flexibility index (Phi) is 6.20. The number of benzene rings is 7. The molecule has 0 saturated carbocycles. The first-order valence-corrected chi connectivity index (χ1v) is 15.4. The molecule has 1 aliphatic carbocycles. The minimum absolute atomic E-state index is 0.0311. The second kappa shape index (κ2) is 10.4. The quantitative estimate of drug-likeness (QED) is 0.201. The maximum atomic E-state index is 2.43. The predicted molar refractivity (Wildman–Crippen MR) is 187 cm³/mol. The molecule has 0 saturated heterocycles. The van der Waals surface area contributed by atoms with Crippen molar-refractivity contribution in [3.63, 3.8) is 0 Å². The molecule has 0 N–H and O–H groups in total. The first-order valence-electron chi connectivity index (χ1n) is 15.4. The van der Waals surface area contributed by atoms with Crippen molar-refractivity contribution >= 4 is 27.8 Å². The molecular formula is C43H33N. The number of rotatable bonds is 5. The van der Waals surface area contributed by atoms with E-state index < -0.39 is 0 Å². The monoisotopic (exact) mass is 563 g/mol. The van der Waals surface area contributed by atoms with Gasteiger partial charge in [0.2, 0.25) is 0 Å². The molecule has 0 spiro atoms. The third kappa shape index (κ3) is 4.24. The second-order valence-corrected chi connectivity index (χ2v) is 12.2. The van der Waals surface area contributed by atoms with Crippen molar-refractivity contribution in [3.05, 3.63) is 175 Å². The lowest BCUT2D eigenvalue weighted by Crippen LogP contribution is -2.15. The molecule has 0 atom stereocenters. The zero-order valence-corrected chi connectivity index (χ0v) is 25.0. The Balaban J connectivity index is 1.34. The molecule has 1 heteroatoms. The van der Waals surface area contributed by atoms with E-state index in [1.54, 1.807) is 0 Å². The maximum Gasteiger partial charge on any atom is 0.0540 e. The number of hydrogen-bond donors (Lipinski definition) is 0. The smallest absolute Gasteiger partial charge is 0.0540 e. The number of nitrogens with zero attached hydrogens (tertiary/aromatic N) is 1. The summed E-state index contributed by atoms with van der Waals surface area (Å²) in [6.45, 7) is 4.68. The first kappa shape index (κ1) is 26.2. The predicted octanol–water partition coefficient (Wildman–Crippen LogP) is 11.9. The fraction of sp³-hybridized carbons (Fsp3) is 0.0698. The van der Waals surface area contributed by atoms with Gasteiger partial charge in [0.05, 0.1) is 5.69 Å². The van der Waals surface area contributed by atoms with Crippen LogP contribution in [0.3, 0.4) is 0 Å². The molecule has 7 aromatic carbocycles. The molecule has 8 rings (SSSR count). The standard InChI is InChI=1S/C43H33N/c1-43(2)40-20-12-11-18-37(40)39-29-34(25-27-41(39)43)44(33-23-21-31(22-24-33)30-13-5-3-6-14-30)42-28-26-35(32-15-7-4-8-16-32)36-17-9-10-19-38(36)42/h3-29H,1-2H3. The van der Waals surface area contributed by atoms with Gasteiger partial charge in [-0.3, -0.25) is 0 Å². The second-order valence-electron chi connectivity index (χ2n) is 12.2. The number of fused-ring (bicyclic) bond motifs is 4. The van der Waals surface area contributed by atoms with Crippen LogP contribution in [0.4, 0.5) is 17.1 Å². The summed E-state index contributed by atoms with van der Waals surface area (Å²) in [4.78, 5) is 2.43. The Labute approximate surface area is 259 Å². The van der Waals surface area contributed by atoms with Crippen LogP contribution in [0, 0.1) is 0 Å². The Morgan fingerprint density at radius 2 is 0.955 bits per heavy atom. The molecule has 0 aliphatic heterocycles. The Hall–Kier alpha value is -5.40. The summed E-state index contributed by atoms with van der Waals surface area (Å²) < 4.78 is 0. The van der Waals surface area contributed by atoms with Crippen LogP contribution in [0.1, 0.15) is 25.0 Å². The van der Waals surface area contributed by atoms with E-state index >= 15 is 0 Å². The van der Waals surface area contributed by atoms with Crippen LogP contribution >= 0.6 is 0 Å². The van der Waals surface area contributed by atoms with Crippen molar-refractivity contribution in [2.75, 3.05) is 4.90 Å². The molecule has 0 heterocycles. The third-order valence-electron chi connectivity index (χ3n) is 9.28. The van der Waals surface area contributed by atoms with Crippen molar-refractivity contribution in [1.29, 1.82) is 0 Å². The maximum absolute atomic E-state index is 2.43. The van der Waals surface area contributed by atoms with Crippen LogP contribution < -0.4 is 4.90 Å². The van der Waals surface area contributed by atoms with Crippen LogP contribution in [-0.2, 0) is 5.41 Å². The highest BCUT2D eigenvalue weighted by molar-refractivity contribution is 6.06. The fourth-order valence-corrected chi connectivity index (χ4v) is 7.06. The van der Waals surface area contributed by atoms with Crippen molar-refractivity contribution in [2.45, 2.75) is 19.3 Å². The lowest BCUT2D eigenvalue weighted by Gasteiger charge is -2.29. The average Bonchev–Trinajstić information content (AvgIpc) is 3.32. The van der Waals surface area contributed by atoms with Gasteiger partial charge in [-0.1, -0.05) is 147 Å². The van der Waals surface area contributed by atoms with Crippen LogP contribution in [0.15, 0.2) is 164 Å². The Morgan fingerprint density at radius 3 is 1.70 bits per heavy atom. The zero-order chi connectivity index (χ0) is 29.7. The SMILES string of the molecule is CC1(C)c2ccccc2-c2cc(N(c3ccc(-c4ccccc4)cc3)c3ccc(-c4ccccc4)c4ccccc34)ccc21. The molecule has 44 heavy (non-hydrogen) atoms. The van der Waals surface area contributed by atoms with Crippen molar-refractivity contribution in [2.24, 2.45) is 0 Å². The van der Waals surface area contributed by atoms with Crippen LogP contribution in [0.5, 0.6) is 0 Å². The van der Waals surface area contributed by atoms with Crippen molar-refractivity contribution in [1.82, 2.24) is 0 Å². The normalized spacial score (nSPS) is 13.0. The van der Waals surface area contributed by atoms with E-state index in [1.165, 1.54) is 61.0 Å². The minimum atomic E-state index is -0.0311. The van der Waals surface area contributed by atoms with Crippen LogP contribution in [0.25, 0.3) is 44.2 Å². The average molecular weight is 564 g/mol. The van der Waals surface area contributed by atoms with Crippen LogP contribution in [0.2, 0.25) is 0 Å². The number of hydrogen-bond acceptors (Lipinski definition) is 1. The van der Waals surface area contributed by atoms with E-state index in [9.17, 15) is 0 Å². The van der Waals surface area contributed by atoms with Gasteiger partial charge < -0.3 is 4.90 Å². The fourth-order valence-electron chi connectivity index (χ4n) is 7.06. The van der Waals surface area contributed by atoms with E-state index in [0.717, 1.165) is 11.4 Å². The molecule has 7 aromatic rings. The number of anilines is 3. The third-order valence-corrected chi connectivity index (χ3v) is 9.28. The van der Waals surface area contributed by atoms with Gasteiger partial charge in [0, 0.05) is 22.2 Å². The van der Waals surface area contributed by atoms with Crippen molar-refractivity contribution < 1.29 is 0 Å². The van der Waals surface area contributed by atoms with Crippen LogP contribution in [-0.4, -0.2) is 0 Å². The van der Waals surface area contributed by atoms with E-state index in [-0.39, 0.29) is 5.41 Å². The highest BCUT2D eigenvalue weighted by Gasteiger charge is 2.35. The summed E-state index contributed by atoms with van der Waals surface area (Å²) in [5.74, 6) is 0. The van der Waals surface area contributed by atoms with Gasteiger partial charge in [-0.15, -0.1) is 0 Å². The van der Waals surface area contributed by atoms with Gasteiger partial charge in [0.25, 0.3) is 0 Å². The highest BCUT2D eigenvalue weighted by atomic mass is 15.1. The largest absolute Gasteiger partial charge is 0.310 e. The van der Waals surface area contributed by atoms with Gasteiger partial charge in [0.15, 0.2) is 0 Å². The van der Waals surface area contributed by atoms with Gasteiger partial charge >= 0.3 is 0 Å². The van der Waals surface area contributed by atoms with Gasteiger partial charge in [-0.05, 0) is 80.2 Å². The molecule has 0 fully saturated rings. The molecule has 0 radical (unpaired) electrons. The summed E-state index contributed by atoms with van der Waals surface area (Å²) in [7, 11) is 0. The van der Waals surface area contributed by atoms with Gasteiger partial charge in [-0.25, -0.2) is 0 Å². The van der Waals surface area contributed by atoms with Crippen molar-refractivity contribution in [3.8, 4) is 33.4 Å². The van der Waals surface area contributed by atoms with Gasteiger partial charge in [-0.2, -0.15) is 0 Å². The molecule has 0 aromatic heterocycles. The molecular weight excluding hydrogens is 530 g/mol. The highest BCUT2D eigenvalue weighted by Crippen LogP contribution is 2.51. The molecule has 0 amide bonds. The Bertz CT molecular complexity index is 2120. The van der Waals surface area contributed by atoms with Gasteiger partial charge in [0.1, 0.15) is 0 Å². The van der Waals surface area contributed by atoms with E-state index in [0.29, 0.717) is 0 Å². The zero-order valence-electron chi connectivity index (χ0n) is 25.0. The summed E-state index contributed by atoms with van der Waals surface area (Å²) in [5.41, 5.74) is 13.7. The van der Waals surface area contributed by atoms with E-state index in [4.69, 9.17) is 0 Å². The molecule has 1 nitrogen and oxygen atoms in total. The minimum Gasteiger partial charge on any atom is -0.310 e. The van der Waals surface area contributed by atoms with E-state index in [1.807, 2.05) is 0 Å². The summed E-state index contributed by atoms with van der Waals surface area (Å²) >= 11 is 0. The van der Waals surface area contributed by atoms with E-state index in [2.05, 4.69) is 183 Å². The lowest BCUT2D eigenvalue weighted by molar-refractivity contribution is 0.660. The molecule has 210 valence electrons. The topological polar surface area (TPSA) is 3.24 Å². The molecule has 0 bridgehead atoms. The molecule has 1 aliphatic rings. The first-order chi connectivity index (χ1) is 21.6. The summed E-state index contributed by atoms with van der Waals surface area (Å²) in [6, 6.07) is 59.6.